The maximum atomic E-state index is 13.6. The molecule has 21 heavy (non-hydrogen) atoms. The van der Waals surface area contributed by atoms with Crippen molar-refractivity contribution in [1.82, 2.24) is 4.98 Å². The minimum atomic E-state index is -2.32. The SMILES string of the molecule is O=C(O)c1cc(-c2c(F)c(F)c(F)c(F)c2F)ncc1Cl. The number of aromatic carboxylic acids is 1. The highest BCUT2D eigenvalue weighted by atomic mass is 35.5. The number of hydrogen-bond donors (Lipinski definition) is 1. The van der Waals surface area contributed by atoms with Gasteiger partial charge in [0.1, 0.15) is 0 Å². The summed E-state index contributed by atoms with van der Waals surface area (Å²) in [5, 5.41) is 8.47. The first-order valence-corrected chi connectivity index (χ1v) is 5.54. The van der Waals surface area contributed by atoms with Gasteiger partial charge in [-0.2, -0.15) is 0 Å². The third-order valence-electron chi connectivity index (χ3n) is 2.55. The molecule has 0 unspecified atom stereocenters. The van der Waals surface area contributed by atoms with Gasteiger partial charge in [0, 0.05) is 6.20 Å². The summed E-state index contributed by atoms with van der Waals surface area (Å²) >= 11 is 5.51. The highest BCUT2D eigenvalue weighted by molar-refractivity contribution is 6.33. The number of carboxylic acid groups (broad SMARTS) is 1. The standard InChI is InChI=1S/C12H3ClF5NO2/c13-4-2-19-5(1-3(4)12(20)21)6-7(14)9(16)11(18)10(17)8(6)15/h1-2H,(H,20,21). The zero-order valence-corrected chi connectivity index (χ0v) is 10.5. The normalized spacial score (nSPS) is 10.8. The number of hydrogen-bond acceptors (Lipinski definition) is 2. The number of rotatable bonds is 2. The van der Waals surface area contributed by atoms with Crippen LogP contribution in [0.25, 0.3) is 11.3 Å². The predicted molar refractivity (Wildman–Crippen MR) is 61.4 cm³/mol. The second-order valence-corrected chi connectivity index (χ2v) is 4.21. The maximum Gasteiger partial charge on any atom is 0.337 e. The van der Waals surface area contributed by atoms with Crippen molar-refractivity contribution in [3.05, 3.63) is 51.9 Å². The van der Waals surface area contributed by atoms with Crippen molar-refractivity contribution in [2.24, 2.45) is 0 Å². The van der Waals surface area contributed by atoms with Crippen LogP contribution >= 0.6 is 11.6 Å². The summed E-state index contributed by atoms with van der Waals surface area (Å²) in [6, 6.07) is 0.614. The molecule has 110 valence electrons. The highest BCUT2D eigenvalue weighted by Gasteiger charge is 2.28. The minimum Gasteiger partial charge on any atom is -0.478 e. The van der Waals surface area contributed by atoms with Crippen molar-refractivity contribution in [3.8, 4) is 11.3 Å². The summed E-state index contributed by atoms with van der Waals surface area (Å²) in [5.74, 6) is -12.4. The molecule has 2 rings (SSSR count). The third kappa shape index (κ3) is 2.42. The molecule has 0 aliphatic carbocycles. The van der Waals surface area contributed by atoms with Gasteiger partial charge in [0.25, 0.3) is 0 Å². The zero-order valence-electron chi connectivity index (χ0n) is 9.73. The van der Waals surface area contributed by atoms with Gasteiger partial charge in [-0.1, -0.05) is 11.6 Å². The number of carbonyl (C=O) groups is 1. The van der Waals surface area contributed by atoms with Gasteiger partial charge in [-0.05, 0) is 6.07 Å². The monoisotopic (exact) mass is 323 g/mol. The lowest BCUT2D eigenvalue weighted by Crippen LogP contribution is -2.06. The molecule has 0 saturated carbocycles. The quantitative estimate of drug-likeness (QED) is 0.519. The van der Waals surface area contributed by atoms with E-state index in [1.165, 1.54) is 0 Å². The van der Waals surface area contributed by atoms with Crippen LogP contribution in [-0.4, -0.2) is 16.1 Å². The first-order valence-electron chi connectivity index (χ1n) is 5.16. The molecule has 0 aliphatic rings. The van der Waals surface area contributed by atoms with E-state index in [2.05, 4.69) is 4.98 Å². The Morgan fingerprint density at radius 2 is 1.48 bits per heavy atom. The Labute approximate surface area is 118 Å². The molecule has 0 atom stereocenters. The lowest BCUT2D eigenvalue weighted by molar-refractivity contribution is 0.0697. The topological polar surface area (TPSA) is 50.2 Å². The smallest absolute Gasteiger partial charge is 0.337 e. The van der Waals surface area contributed by atoms with Crippen LogP contribution in [0, 0.1) is 29.1 Å². The summed E-state index contributed by atoms with van der Waals surface area (Å²) in [6.07, 6.45) is 0.735. The number of pyridine rings is 1. The molecule has 0 radical (unpaired) electrons. The number of benzene rings is 1. The summed E-state index contributed by atoms with van der Waals surface area (Å²) < 4.78 is 66.3. The predicted octanol–water partition coefficient (Wildman–Crippen LogP) is 3.80. The summed E-state index contributed by atoms with van der Waals surface area (Å²) in [6.45, 7) is 0. The summed E-state index contributed by atoms with van der Waals surface area (Å²) in [4.78, 5) is 14.2. The molecule has 2 aromatic rings. The van der Waals surface area contributed by atoms with E-state index in [1.807, 2.05) is 0 Å². The van der Waals surface area contributed by atoms with E-state index < -0.39 is 51.9 Å². The molecule has 0 amide bonds. The van der Waals surface area contributed by atoms with Gasteiger partial charge in [-0.25, -0.2) is 26.7 Å². The van der Waals surface area contributed by atoms with E-state index in [-0.39, 0.29) is 5.02 Å². The van der Waals surface area contributed by atoms with E-state index in [9.17, 15) is 26.7 Å². The fourth-order valence-electron chi connectivity index (χ4n) is 1.57. The Kier molecular flexibility index (Phi) is 3.82. The molecule has 0 saturated heterocycles. The van der Waals surface area contributed by atoms with E-state index in [0.29, 0.717) is 6.07 Å². The van der Waals surface area contributed by atoms with Gasteiger partial charge in [0.2, 0.25) is 5.82 Å². The Morgan fingerprint density at radius 3 is 1.95 bits per heavy atom. The largest absolute Gasteiger partial charge is 0.478 e. The van der Waals surface area contributed by atoms with Crippen LogP contribution in [0.3, 0.4) is 0 Å². The average Bonchev–Trinajstić information content (AvgIpc) is 2.44. The molecule has 1 aromatic heterocycles. The van der Waals surface area contributed by atoms with Gasteiger partial charge in [-0.15, -0.1) is 0 Å². The molecule has 0 fully saturated rings. The number of carboxylic acids is 1. The van der Waals surface area contributed by atoms with Crippen LogP contribution in [0.1, 0.15) is 10.4 Å². The molecule has 1 heterocycles. The van der Waals surface area contributed by atoms with Crippen molar-refractivity contribution < 1.29 is 31.9 Å². The molecule has 0 spiro atoms. The van der Waals surface area contributed by atoms with Crippen molar-refractivity contribution >= 4 is 17.6 Å². The van der Waals surface area contributed by atoms with Crippen LogP contribution < -0.4 is 0 Å². The number of aromatic nitrogens is 1. The summed E-state index contributed by atoms with van der Waals surface area (Å²) in [7, 11) is 0. The van der Waals surface area contributed by atoms with Crippen LogP contribution in [0.4, 0.5) is 22.0 Å². The van der Waals surface area contributed by atoms with Crippen molar-refractivity contribution in [3.63, 3.8) is 0 Å². The van der Waals surface area contributed by atoms with Crippen LogP contribution in [0.2, 0.25) is 5.02 Å². The second kappa shape index (κ2) is 5.28. The zero-order chi connectivity index (χ0) is 15.9. The summed E-state index contributed by atoms with van der Waals surface area (Å²) in [5.41, 5.74) is -2.67. The van der Waals surface area contributed by atoms with Crippen molar-refractivity contribution in [1.29, 1.82) is 0 Å². The maximum absolute atomic E-state index is 13.6. The van der Waals surface area contributed by atoms with Crippen molar-refractivity contribution in [2.45, 2.75) is 0 Å². The lowest BCUT2D eigenvalue weighted by atomic mass is 10.1. The van der Waals surface area contributed by atoms with Gasteiger partial charge < -0.3 is 5.11 Å². The molecular weight excluding hydrogens is 321 g/mol. The van der Waals surface area contributed by atoms with E-state index in [4.69, 9.17) is 16.7 Å². The van der Waals surface area contributed by atoms with E-state index in [1.54, 1.807) is 0 Å². The van der Waals surface area contributed by atoms with Crippen LogP contribution in [0.5, 0.6) is 0 Å². The van der Waals surface area contributed by atoms with Gasteiger partial charge in [0.15, 0.2) is 23.3 Å². The Hall–Kier alpha value is -2.22. The average molecular weight is 324 g/mol. The Bertz CT molecular complexity index is 737. The Morgan fingerprint density at radius 1 is 1.00 bits per heavy atom. The molecular formula is C12H3ClF5NO2. The van der Waals surface area contributed by atoms with Gasteiger partial charge in [-0.3, -0.25) is 4.98 Å². The molecule has 0 bridgehead atoms. The third-order valence-corrected chi connectivity index (χ3v) is 2.85. The first kappa shape index (κ1) is 15.2. The Balaban J connectivity index is 2.80. The molecule has 1 N–H and O–H groups in total. The minimum absolute atomic E-state index is 0.352. The highest BCUT2D eigenvalue weighted by Crippen LogP contribution is 2.31. The fourth-order valence-corrected chi connectivity index (χ4v) is 1.75. The van der Waals surface area contributed by atoms with E-state index in [0.717, 1.165) is 6.20 Å². The van der Waals surface area contributed by atoms with Crippen molar-refractivity contribution in [2.75, 3.05) is 0 Å². The van der Waals surface area contributed by atoms with Gasteiger partial charge in [0.05, 0.1) is 21.8 Å². The molecule has 1 aromatic carbocycles. The molecule has 0 aliphatic heterocycles. The molecule has 9 heteroatoms. The van der Waals surface area contributed by atoms with E-state index >= 15 is 0 Å². The van der Waals surface area contributed by atoms with Crippen LogP contribution in [0.15, 0.2) is 12.3 Å². The number of halogens is 6. The lowest BCUT2D eigenvalue weighted by Gasteiger charge is -2.08. The fraction of sp³-hybridized carbons (Fsp3) is 0. The number of nitrogens with zero attached hydrogens (tertiary/aromatic N) is 1. The first-order chi connectivity index (χ1) is 9.75. The second-order valence-electron chi connectivity index (χ2n) is 3.80. The molecule has 3 nitrogen and oxygen atoms in total. The van der Waals surface area contributed by atoms with Crippen LogP contribution in [-0.2, 0) is 0 Å². The van der Waals surface area contributed by atoms with Gasteiger partial charge >= 0.3 is 5.97 Å².